The molecule has 2 fully saturated rings. The van der Waals surface area contributed by atoms with E-state index in [4.69, 9.17) is 10.5 Å². The fourth-order valence-corrected chi connectivity index (χ4v) is 3.16. The van der Waals surface area contributed by atoms with Crippen molar-refractivity contribution in [3.63, 3.8) is 0 Å². The molecule has 1 aliphatic carbocycles. The first kappa shape index (κ1) is 16.5. The van der Waals surface area contributed by atoms with Crippen molar-refractivity contribution in [2.45, 2.75) is 50.9 Å². The van der Waals surface area contributed by atoms with E-state index in [1.807, 2.05) is 0 Å². The van der Waals surface area contributed by atoms with Crippen LogP contribution in [0.2, 0.25) is 0 Å². The lowest BCUT2D eigenvalue weighted by Crippen LogP contribution is -2.53. The first-order valence-electron chi connectivity index (χ1n) is 7.51. The van der Waals surface area contributed by atoms with Gasteiger partial charge in [0.1, 0.15) is 0 Å². The van der Waals surface area contributed by atoms with Crippen LogP contribution in [0, 0.1) is 11.8 Å². The van der Waals surface area contributed by atoms with Gasteiger partial charge in [-0.1, -0.05) is 6.42 Å². The fraction of sp³-hybridized carbons (Fsp3) is 0.929. The molecule has 0 spiro atoms. The van der Waals surface area contributed by atoms with Crippen molar-refractivity contribution >= 4 is 5.91 Å². The lowest BCUT2D eigenvalue weighted by molar-refractivity contribution is -0.188. The number of carbonyl (C=O) groups excluding carboxylic acids is 1. The van der Waals surface area contributed by atoms with Crippen LogP contribution in [-0.4, -0.2) is 48.8 Å². The Kier molecular flexibility index (Phi) is 5.14. The average molecular weight is 308 g/mol. The molecule has 1 amide bonds. The number of nitrogens with two attached hydrogens (primary N) is 1. The summed E-state index contributed by atoms with van der Waals surface area (Å²) in [6, 6.07) is -0.199. The molecule has 1 saturated carbocycles. The summed E-state index contributed by atoms with van der Waals surface area (Å²) in [6.45, 7) is 3.02. The van der Waals surface area contributed by atoms with Gasteiger partial charge in [0.15, 0.2) is 0 Å². The Morgan fingerprint density at radius 3 is 2.71 bits per heavy atom. The summed E-state index contributed by atoms with van der Waals surface area (Å²) in [6.07, 6.45) is -3.36. The second kappa shape index (κ2) is 6.52. The number of morpholine rings is 1. The summed E-state index contributed by atoms with van der Waals surface area (Å²) >= 11 is 0. The SMILES string of the molecule is CC(N)C1CN(C(=O)C2CCCC(C(F)(F)F)C2)CCO1. The number of ether oxygens (including phenoxy) is 1. The van der Waals surface area contributed by atoms with Gasteiger partial charge in [-0.25, -0.2) is 0 Å². The Morgan fingerprint density at radius 2 is 2.10 bits per heavy atom. The zero-order valence-corrected chi connectivity index (χ0v) is 12.2. The predicted molar refractivity (Wildman–Crippen MR) is 71.5 cm³/mol. The van der Waals surface area contributed by atoms with E-state index in [1.54, 1.807) is 11.8 Å². The molecule has 4 unspecified atom stereocenters. The summed E-state index contributed by atoms with van der Waals surface area (Å²) in [5.74, 6) is -2.03. The van der Waals surface area contributed by atoms with Gasteiger partial charge in [0, 0.05) is 25.0 Å². The number of nitrogens with zero attached hydrogens (tertiary/aromatic N) is 1. The summed E-state index contributed by atoms with van der Waals surface area (Å²) in [5, 5.41) is 0. The van der Waals surface area contributed by atoms with E-state index in [0.717, 1.165) is 0 Å². The van der Waals surface area contributed by atoms with Crippen molar-refractivity contribution in [2.24, 2.45) is 17.6 Å². The third-order valence-electron chi connectivity index (χ3n) is 4.48. The number of halogens is 3. The Balaban J connectivity index is 1.96. The number of hydrogen-bond donors (Lipinski definition) is 1. The van der Waals surface area contributed by atoms with Gasteiger partial charge in [-0.15, -0.1) is 0 Å². The minimum atomic E-state index is -4.20. The van der Waals surface area contributed by atoms with Gasteiger partial charge in [-0.2, -0.15) is 13.2 Å². The highest BCUT2D eigenvalue weighted by atomic mass is 19.4. The van der Waals surface area contributed by atoms with Crippen LogP contribution in [0.15, 0.2) is 0 Å². The second-order valence-corrected chi connectivity index (χ2v) is 6.15. The molecule has 21 heavy (non-hydrogen) atoms. The van der Waals surface area contributed by atoms with E-state index in [9.17, 15) is 18.0 Å². The normalized spacial score (nSPS) is 32.8. The van der Waals surface area contributed by atoms with Crippen LogP contribution in [0.1, 0.15) is 32.6 Å². The fourth-order valence-electron chi connectivity index (χ4n) is 3.16. The molecule has 0 radical (unpaired) electrons. The third kappa shape index (κ3) is 4.10. The highest BCUT2D eigenvalue weighted by molar-refractivity contribution is 5.79. The Morgan fingerprint density at radius 1 is 1.38 bits per heavy atom. The number of hydrogen-bond acceptors (Lipinski definition) is 3. The van der Waals surface area contributed by atoms with E-state index in [-0.39, 0.29) is 30.9 Å². The van der Waals surface area contributed by atoms with Crippen LogP contribution < -0.4 is 5.73 Å². The summed E-state index contributed by atoms with van der Waals surface area (Å²) in [7, 11) is 0. The standard InChI is InChI=1S/C14H23F3N2O2/c1-9(18)12-8-19(5-6-21-12)13(20)10-3-2-4-11(7-10)14(15,16)17/h9-12H,2-8,18H2,1H3. The monoisotopic (exact) mass is 308 g/mol. The summed E-state index contributed by atoms with van der Waals surface area (Å²) in [4.78, 5) is 14.1. The van der Waals surface area contributed by atoms with Gasteiger partial charge in [0.2, 0.25) is 5.91 Å². The minimum Gasteiger partial charge on any atom is -0.373 e. The predicted octanol–water partition coefficient (Wildman–Crippen LogP) is 1.93. The molecule has 4 nitrogen and oxygen atoms in total. The average Bonchev–Trinajstić information content (AvgIpc) is 2.46. The van der Waals surface area contributed by atoms with Crippen LogP contribution >= 0.6 is 0 Å². The largest absolute Gasteiger partial charge is 0.391 e. The topological polar surface area (TPSA) is 55.6 Å². The first-order chi connectivity index (χ1) is 9.79. The van der Waals surface area contributed by atoms with Crippen LogP contribution in [0.25, 0.3) is 0 Å². The molecule has 1 saturated heterocycles. The van der Waals surface area contributed by atoms with Crippen LogP contribution in [0.4, 0.5) is 13.2 Å². The molecule has 2 rings (SSSR count). The molecular formula is C14H23F3N2O2. The number of alkyl halides is 3. The Labute approximate surface area is 122 Å². The van der Waals surface area contributed by atoms with Crippen LogP contribution in [0.5, 0.6) is 0 Å². The zero-order valence-electron chi connectivity index (χ0n) is 12.2. The molecule has 2 N–H and O–H groups in total. The molecule has 4 atom stereocenters. The quantitative estimate of drug-likeness (QED) is 0.848. The van der Waals surface area contributed by atoms with E-state index >= 15 is 0 Å². The van der Waals surface area contributed by atoms with Gasteiger partial charge in [0.25, 0.3) is 0 Å². The van der Waals surface area contributed by atoms with E-state index < -0.39 is 18.0 Å². The molecule has 1 aliphatic heterocycles. The Bertz CT molecular complexity index is 374. The highest BCUT2D eigenvalue weighted by Crippen LogP contribution is 2.40. The molecule has 0 bridgehead atoms. The molecule has 0 aromatic carbocycles. The van der Waals surface area contributed by atoms with Crippen LogP contribution in [-0.2, 0) is 9.53 Å². The molecule has 2 aliphatic rings. The maximum absolute atomic E-state index is 12.8. The molecule has 122 valence electrons. The van der Waals surface area contributed by atoms with Crippen molar-refractivity contribution in [2.75, 3.05) is 19.7 Å². The second-order valence-electron chi connectivity index (χ2n) is 6.15. The third-order valence-corrected chi connectivity index (χ3v) is 4.48. The first-order valence-corrected chi connectivity index (χ1v) is 7.51. The lowest BCUT2D eigenvalue weighted by atomic mass is 9.80. The lowest BCUT2D eigenvalue weighted by Gasteiger charge is -2.38. The maximum atomic E-state index is 12.8. The maximum Gasteiger partial charge on any atom is 0.391 e. The molecular weight excluding hydrogens is 285 g/mol. The van der Waals surface area contributed by atoms with E-state index in [1.165, 1.54) is 0 Å². The number of rotatable bonds is 2. The smallest absolute Gasteiger partial charge is 0.373 e. The number of amides is 1. The van der Waals surface area contributed by atoms with Gasteiger partial charge in [-0.05, 0) is 26.2 Å². The van der Waals surface area contributed by atoms with Crippen molar-refractivity contribution in [1.82, 2.24) is 4.90 Å². The van der Waals surface area contributed by atoms with Gasteiger partial charge < -0.3 is 15.4 Å². The molecule has 7 heteroatoms. The van der Waals surface area contributed by atoms with Gasteiger partial charge >= 0.3 is 6.18 Å². The van der Waals surface area contributed by atoms with Crippen molar-refractivity contribution in [1.29, 1.82) is 0 Å². The van der Waals surface area contributed by atoms with Gasteiger partial charge in [0.05, 0.1) is 18.6 Å². The molecule has 0 aromatic rings. The molecule has 1 heterocycles. The van der Waals surface area contributed by atoms with Crippen LogP contribution in [0.3, 0.4) is 0 Å². The van der Waals surface area contributed by atoms with E-state index in [2.05, 4.69) is 0 Å². The van der Waals surface area contributed by atoms with Crippen molar-refractivity contribution < 1.29 is 22.7 Å². The zero-order chi connectivity index (χ0) is 15.6. The summed E-state index contributed by atoms with van der Waals surface area (Å²) in [5.41, 5.74) is 5.78. The highest BCUT2D eigenvalue weighted by Gasteiger charge is 2.44. The van der Waals surface area contributed by atoms with Crippen molar-refractivity contribution in [3.8, 4) is 0 Å². The molecule has 0 aromatic heterocycles. The minimum absolute atomic E-state index is 0.0808. The summed E-state index contributed by atoms with van der Waals surface area (Å²) < 4.78 is 44.0. The number of carbonyl (C=O) groups is 1. The van der Waals surface area contributed by atoms with Crippen molar-refractivity contribution in [3.05, 3.63) is 0 Å². The Hall–Kier alpha value is -0.820. The van der Waals surface area contributed by atoms with Gasteiger partial charge in [-0.3, -0.25) is 4.79 Å². The van der Waals surface area contributed by atoms with E-state index in [0.29, 0.717) is 32.5 Å².